The molecule has 0 atom stereocenters. The molecule has 2 rings (SSSR count). The Kier molecular flexibility index (Phi) is 7.17. The van der Waals surface area contributed by atoms with Crippen molar-refractivity contribution < 1.29 is 4.79 Å². The van der Waals surface area contributed by atoms with Crippen LogP contribution < -0.4 is 5.32 Å². The van der Waals surface area contributed by atoms with Crippen LogP contribution in [0.2, 0.25) is 0 Å². The van der Waals surface area contributed by atoms with Crippen LogP contribution in [-0.4, -0.2) is 6.29 Å². The van der Waals surface area contributed by atoms with Gasteiger partial charge in [0.1, 0.15) is 6.29 Å². The van der Waals surface area contributed by atoms with Gasteiger partial charge in [-0.3, -0.25) is 4.79 Å². The number of rotatable bonds is 4. The maximum absolute atomic E-state index is 9.89. The molecule has 0 unspecified atom stereocenters. The molecule has 96 valence electrons. The van der Waals surface area contributed by atoms with Crippen molar-refractivity contribution in [3.05, 3.63) is 85.1 Å². The summed E-state index contributed by atoms with van der Waals surface area (Å²) in [5.41, 5.74) is 2.13. The average molecular weight is 251 g/mol. The second-order valence-corrected chi connectivity index (χ2v) is 3.62. The number of aldehydes is 1. The smallest absolute Gasteiger partial charge is 0.142 e. The van der Waals surface area contributed by atoms with Gasteiger partial charge in [0.15, 0.2) is 0 Å². The fraction of sp³-hybridized carbons (Fsp3) is 0. The van der Waals surface area contributed by atoms with E-state index in [1.807, 2.05) is 60.7 Å². The van der Waals surface area contributed by atoms with Crippen LogP contribution in [0, 0.1) is 0 Å². The van der Waals surface area contributed by atoms with Gasteiger partial charge >= 0.3 is 0 Å². The molecule has 0 fully saturated rings. The Labute approximate surface area is 114 Å². The number of carbonyl (C=O) groups is 1. The van der Waals surface area contributed by atoms with Crippen molar-refractivity contribution in [2.24, 2.45) is 0 Å². The van der Waals surface area contributed by atoms with Crippen LogP contribution in [0.4, 0.5) is 5.69 Å². The van der Waals surface area contributed by atoms with Gasteiger partial charge in [0, 0.05) is 5.69 Å². The zero-order valence-corrected chi connectivity index (χ0v) is 10.7. The summed E-state index contributed by atoms with van der Waals surface area (Å²) < 4.78 is 0. The first-order chi connectivity index (χ1) is 9.36. The molecule has 0 bridgehead atoms. The number of benzene rings is 2. The quantitative estimate of drug-likeness (QED) is 0.653. The van der Waals surface area contributed by atoms with Crippen molar-refractivity contribution in [1.29, 1.82) is 0 Å². The summed E-state index contributed by atoms with van der Waals surface area (Å²) >= 11 is 0. The fourth-order valence-corrected chi connectivity index (χ4v) is 1.37. The molecule has 2 heteroatoms. The van der Waals surface area contributed by atoms with Crippen LogP contribution >= 0.6 is 0 Å². The van der Waals surface area contributed by atoms with Gasteiger partial charge in [-0.25, -0.2) is 0 Å². The number of allylic oxidation sites excluding steroid dienone is 1. The van der Waals surface area contributed by atoms with Gasteiger partial charge in [-0.05, 0) is 30.0 Å². The highest BCUT2D eigenvalue weighted by Gasteiger charge is 1.80. The summed E-state index contributed by atoms with van der Waals surface area (Å²) in [6.07, 6.45) is 5.69. The van der Waals surface area contributed by atoms with E-state index in [4.69, 9.17) is 0 Å². The first-order valence-corrected chi connectivity index (χ1v) is 5.96. The molecule has 2 aromatic rings. The molecule has 19 heavy (non-hydrogen) atoms. The molecule has 0 radical (unpaired) electrons. The normalized spacial score (nSPS) is 9.26. The van der Waals surface area contributed by atoms with Crippen molar-refractivity contribution in [3.8, 4) is 0 Å². The SMILES string of the molecule is C=CNc1ccccc1.O=CC=Cc1ccccc1. The first-order valence-electron chi connectivity index (χ1n) is 5.96. The van der Waals surface area contributed by atoms with Crippen molar-refractivity contribution >= 4 is 18.0 Å². The highest BCUT2D eigenvalue weighted by molar-refractivity contribution is 5.73. The van der Waals surface area contributed by atoms with E-state index in [1.54, 1.807) is 12.3 Å². The molecule has 1 N–H and O–H groups in total. The van der Waals surface area contributed by atoms with E-state index in [1.165, 1.54) is 6.08 Å². The largest absolute Gasteiger partial charge is 0.362 e. The van der Waals surface area contributed by atoms with Gasteiger partial charge in [-0.1, -0.05) is 61.2 Å². The lowest BCUT2D eigenvalue weighted by Crippen LogP contribution is -1.82. The van der Waals surface area contributed by atoms with Gasteiger partial charge in [-0.2, -0.15) is 0 Å². The van der Waals surface area contributed by atoms with Gasteiger partial charge in [0.2, 0.25) is 0 Å². The Morgan fingerprint density at radius 3 is 2.00 bits per heavy atom. The minimum atomic E-state index is 0.771. The van der Waals surface area contributed by atoms with Crippen molar-refractivity contribution in [2.45, 2.75) is 0 Å². The van der Waals surface area contributed by atoms with Crippen molar-refractivity contribution in [3.63, 3.8) is 0 Å². The molecular formula is C17H17NO. The molecule has 0 aliphatic rings. The molecule has 0 aliphatic heterocycles. The minimum Gasteiger partial charge on any atom is -0.362 e. The zero-order chi connectivity index (χ0) is 13.8. The lowest BCUT2D eigenvalue weighted by Gasteiger charge is -1.95. The topological polar surface area (TPSA) is 29.1 Å². The third-order valence-electron chi connectivity index (χ3n) is 2.21. The summed E-state index contributed by atoms with van der Waals surface area (Å²) in [5.74, 6) is 0. The molecule has 0 saturated heterocycles. The van der Waals surface area contributed by atoms with Gasteiger partial charge in [0.25, 0.3) is 0 Å². The Morgan fingerprint density at radius 2 is 1.47 bits per heavy atom. The van der Waals surface area contributed by atoms with Crippen LogP contribution in [0.25, 0.3) is 6.08 Å². The van der Waals surface area contributed by atoms with E-state index in [0.717, 1.165) is 17.5 Å². The first kappa shape index (κ1) is 14.5. The molecule has 0 saturated carbocycles. The van der Waals surface area contributed by atoms with Crippen LogP contribution in [-0.2, 0) is 4.79 Å². The third-order valence-corrected chi connectivity index (χ3v) is 2.21. The summed E-state index contributed by atoms with van der Waals surface area (Å²) in [6.45, 7) is 3.54. The minimum absolute atomic E-state index is 0.771. The van der Waals surface area contributed by atoms with Gasteiger partial charge in [0.05, 0.1) is 0 Å². The van der Waals surface area contributed by atoms with E-state index in [2.05, 4.69) is 11.9 Å². The van der Waals surface area contributed by atoms with Crippen LogP contribution in [0.3, 0.4) is 0 Å². The monoisotopic (exact) mass is 251 g/mol. The number of hydrogen-bond donors (Lipinski definition) is 1. The Morgan fingerprint density at radius 1 is 0.895 bits per heavy atom. The average Bonchev–Trinajstić information content (AvgIpc) is 2.48. The highest BCUT2D eigenvalue weighted by Crippen LogP contribution is 2.03. The molecule has 0 spiro atoms. The molecular weight excluding hydrogens is 234 g/mol. The third kappa shape index (κ3) is 6.64. The Bertz CT molecular complexity index is 503. The number of nitrogens with one attached hydrogen (secondary N) is 1. The molecule has 2 nitrogen and oxygen atoms in total. The van der Waals surface area contributed by atoms with Crippen LogP contribution in [0.5, 0.6) is 0 Å². The second kappa shape index (κ2) is 9.42. The Balaban J connectivity index is 0.000000191. The number of anilines is 1. The molecule has 0 amide bonds. The Hall–Kier alpha value is -2.61. The number of carbonyl (C=O) groups excluding carboxylic acids is 1. The summed E-state index contributed by atoms with van der Waals surface area (Å²) in [5, 5.41) is 2.97. The maximum Gasteiger partial charge on any atom is 0.142 e. The molecule has 2 aromatic carbocycles. The lowest BCUT2D eigenvalue weighted by atomic mass is 10.2. The van der Waals surface area contributed by atoms with Crippen LogP contribution in [0.1, 0.15) is 5.56 Å². The lowest BCUT2D eigenvalue weighted by molar-refractivity contribution is -0.104. The molecule has 0 heterocycles. The second-order valence-electron chi connectivity index (χ2n) is 3.62. The molecule has 0 aromatic heterocycles. The van der Waals surface area contributed by atoms with Crippen molar-refractivity contribution in [2.75, 3.05) is 5.32 Å². The fourth-order valence-electron chi connectivity index (χ4n) is 1.37. The summed E-state index contributed by atoms with van der Waals surface area (Å²) in [6, 6.07) is 19.6. The summed E-state index contributed by atoms with van der Waals surface area (Å²) in [7, 11) is 0. The standard InChI is InChI=1S/C9H8O.C8H9N/c10-8-4-7-9-5-2-1-3-6-9;1-2-9-8-6-4-3-5-7-8/h1-8H;2-7,9H,1H2. The highest BCUT2D eigenvalue weighted by atomic mass is 16.1. The van der Waals surface area contributed by atoms with E-state index in [0.29, 0.717) is 0 Å². The van der Waals surface area contributed by atoms with Gasteiger partial charge < -0.3 is 5.32 Å². The summed E-state index contributed by atoms with van der Waals surface area (Å²) in [4.78, 5) is 9.89. The maximum atomic E-state index is 9.89. The predicted octanol–water partition coefficient (Wildman–Crippen LogP) is 4.14. The van der Waals surface area contributed by atoms with E-state index >= 15 is 0 Å². The van der Waals surface area contributed by atoms with Crippen molar-refractivity contribution in [1.82, 2.24) is 0 Å². The predicted molar refractivity (Wildman–Crippen MR) is 81.8 cm³/mol. The zero-order valence-electron chi connectivity index (χ0n) is 10.7. The van der Waals surface area contributed by atoms with E-state index < -0.39 is 0 Å². The van der Waals surface area contributed by atoms with Gasteiger partial charge in [-0.15, -0.1) is 0 Å². The molecule has 0 aliphatic carbocycles. The number of hydrogen-bond acceptors (Lipinski definition) is 2. The van der Waals surface area contributed by atoms with E-state index in [9.17, 15) is 4.79 Å². The van der Waals surface area contributed by atoms with Crippen LogP contribution in [0.15, 0.2) is 79.5 Å². The number of para-hydroxylation sites is 1. The van der Waals surface area contributed by atoms with E-state index in [-0.39, 0.29) is 0 Å².